The minimum Gasteiger partial charge on any atom is -0.368 e. The monoisotopic (exact) mass is 494 g/mol. The van der Waals surface area contributed by atoms with Crippen molar-refractivity contribution in [3.8, 4) is 6.07 Å². The maximum absolute atomic E-state index is 14.2. The smallest absolute Gasteiger partial charge is 0.258 e. The van der Waals surface area contributed by atoms with Crippen molar-refractivity contribution >= 4 is 23.4 Å². The van der Waals surface area contributed by atoms with Crippen LogP contribution in [0.1, 0.15) is 34.7 Å². The third-order valence-corrected chi connectivity index (χ3v) is 8.46. The van der Waals surface area contributed by atoms with Gasteiger partial charge in [-0.25, -0.2) is 4.39 Å². The van der Waals surface area contributed by atoms with Crippen molar-refractivity contribution in [1.82, 2.24) is 9.80 Å². The summed E-state index contributed by atoms with van der Waals surface area (Å²) < 4.78 is 14.2. The van der Waals surface area contributed by atoms with Crippen LogP contribution in [0.15, 0.2) is 48.5 Å². The van der Waals surface area contributed by atoms with Gasteiger partial charge in [-0.05, 0) is 60.8 Å². The third kappa shape index (κ3) is 4.30. The fourth-order valence-electron chi connectivity index (χ4n) is 6.16. The summed E-state index contributed by atoms with van der Waals surface area (Å²) >= 11 is 6.10. The van der Waals surface area contributed by atoms with Crippen molar-refractivity contribution in [2.75, 3.05) is 32.7 Å². The SMILES string of the molecule is N#CC1(C(N)=O)CC1[C@H](CCN1CC2CN(C(=O)c3c(F)cccc3Cl)CC2C1)c1ccccc1. The van der Waals surface area contributed by atoms with Crippen LogP contribution in [0.25, 0.3) is 0 Å². The molecular formula is C27H28ClFN4O2. The number of nitrogens with zero attached hydrogens (tertiary/aromatic N) is 3. The maximum atomic E-state index is 14.2. The normalized spacial score (nSPS) is 28.4. The maximum Gasteiger partial charge on any atom is 0.258 e. The van der Waals surface area contributed by atoms with Crippen LogP contribution in [0.2, 0.25) is 5.02 Å². The molecule has 5 rings (SSSR count). The number of fused-ring (bicyclic) bond motifs is 1. The number of amides is 2. The Kier molecular flexibility index (Phi) is 6.29. The molecule has 182 valence electrons. The van der Waals surface area contributed by atoms with Gasteiger partial charge in [0.15, 0.2) is 0 Å². The summed E-state index contributed by atoms with van der Waals surface area (Å²) in [5.74, 6) is -0.753. The second-order valence-corrected chi connectivity index (χ2v) is 10.6. The van der Waals surface area contributed by atoms with Crippen molar-refractivity contribution in [3.63, 3.8) is 0 Å². The van der Waals surface area contributed by atoms with Crippen molar-refractivity contribution in [2.24, 2.45) is 28.9 Å². The number of likely N-dealkylation sites (tertiary alicyclic amines) is 2. The predicted molar refractivity (Wildman–Crippen MR) is 130 cm³/mol. The average Bonchev–Trinajstić information content (AvgIpc) is 3.27. The van der Waals surface area contributed by atoms with Crippen molar-refractivity contribution in [1.29, 1.82) is 5.26 Å². The van der Waals surface area contributed by atoms with Gasteiger partial charge in [0.25, 0.3) is 5.91 Å². The fourth-order valence-corrected chi connectivity index (χ4v) is 6.41. The van der Waals surface area contributed by atoms with E-state index < -0.39 is 17.1 Å². The van der Waals surface area contributed by atoms with E-state index in [0.717, 1.165) is 31.6 Å². The molecule has 5 atom stereocenters. The van der Waals surface area contributed by atoms with E-state index in [1.165, 1.54) is 12.1 Å². The van der Waals surface area contributed by atoms with Crippen LogP contribution >= 0.6 is 11.6 Å². The molecule has 0 aromatic heterocycles. The highest BCUT2D eigenvalue weighted by Crippen LogP contribution is 2.59. The zero-order chi connectivity index (χ0) is 24.7. The van der Waals surface area contributed by atoms with E-state index in [0.29, 0.717) is 31.3 Å². The fraction of sp³-hybridized carbons (Fsp3) is 0.444. The Hall–Kier alpha value is -2.95. The first kappa shape index (κ1) is 23.8. The number of nitrogens with two attached hydrogens (primary N) is 1. The van der Waals surface area contributed by atoms with Crippen LogP contribution in [0.4, 0.5) is 4.39 Å². The van der Waals surface area contributed by atoms with E-state index in [2.05, 4.69) is 23.1 Å². The van der Waals surface area contributed by atoms with Gasteiger partial charge in [0.05, 0.1) is 16.7 Å². The molecule has 35 heavy (non-hydrogen) atoms. The van der Waals surface area contributed by atoms with E-state index in [4.69, 9.17) is 17.3 Å². The molecule has 2 aromatic rings. The van der Waals surface area contributed by atoms with Crippen molar-refractivity contribution < 1.29 is 14.0 Å². The number of nitriles is 1. The zero-order valence-corrected chi connectivity index (χ0v) is 20.1. The summed E-state index contributed by atoms with van der Waals surface area (Å²) in [6, 6.07) is 16.5. The van der Waals surface area contributed by atoms with Gasteiger partial charge in [0.1, 0.15) is 11.2 Å². The van der Waals surface area contributed by atoms with Crippen molar-refractivity contribution in [3.05, 3.63) is 70.5 Å². The first-order valence-corrected chi connectivity index (χ1v) is 12.4. The van der Waals surface area contributed by atoms with E-state index in [1.54, 1.807) is 11.0 Å². The molecule has 1 saturated carbocycles. The Morgan fingerprint density at radius 2 is 1.80 bits per heavy atom. The van der Waals surface area contributed by atoms with Gasteiger partial charge in [-0.3, -0.25) is 9.59 Å². The van der Waals surface area contributed by atoms with Gasteiger partial charge in [-0.2, -0.15) is 5.26 Å². The van der Waals surface area contributed by atoms with Gasteiger partial charge in [-0.1, -0.05) is 48.0 Å². The van der Waals surface area contributed by atoms with Crippen LogP contribution in [-0.2, 0) is 4.79 Å². The summed E-state index contributed by atoms with van der Waals surface area (Å²) in [7, 11) is 0. The Morgan fingerprint density at radius 3 is 2.37 bits per heavy atom. The summed E-state index contributed by atoms with van der Waals surface area (Å²) in [4.78, 5) is 29.1. The Morgan fingerprint density at radius 1 is 1.11 bits per heavy atom. The molecule has 2 aliphatic heterocycles. The van der Waals surface area contributed by atoms with Gasteiger partial charge in [-0.15, -0.1) is 0 Å². The van der Waals surface area contributed by atoms with Gasteiger partial charge < -0.3 is 15.5 Å². The molecular weight excluding hydrogens is 467 g/mol. The molecule has 2 aromatic carbocycles. The molecule has 2 N–H and O–H groups in total. The molecule has 0 bridgehead atoms. The summed E-state index contributed by atoms with van der Waals surface area (Å²) in [5.41, 5.74) is 5.62. The van der Waals surface area contributed by atoms with E-state index in [9.17, 15) is 19.2 Å². The second kappa shape index (κ2) is 9.25. The van der Waals surface area contributed by atoms with Crippen LogP contribution in [0.3, 0.4) is 0 Å². The molecule has 2 amide bonds. The number of hydrogen-bond acceptors (Lipinski definition) is 4. The lowest BCUT2D eigenvalue weighted by atomic mass is 9.86. The van der Waals surface area contributed by atoms with E-state index in [1.807, 2.05) is 18.2 Å². The molecule has 4 unspecified atom stereocenters. The lowest BCUT2D eigenvalue weighted by Gasteiger charge is -2.25. The first-order chi connectivity index (χ1) is 16.8. The summed E-state index contributed by atoms with van der Waals surface area (Å²) in [5, 5.41) is 9.79. The number of rotatable bonds is 7. The highest BCUT2D eigenvalue weighted by atomic mass is 35.5. The summed E-state index contributed by atoms with van der Waals surface area (Å²) in [6.45, 7) is 3.76. The highest BCUT2D eigenvalue weighted by molar-refractivity contribution is 6.33. The molecule has 8 heteroatoms. The molecule has 2 saturated heterocycles. The first-order valence-electron chi connectivity index (χ1n) is 12.1. The predicted octanol–water partition coefficient (Wildman–Crippen LogP) is 3.67. The molecule has 0 radical (unpaired) electrons. The molecule has 3 fully saturated rings. The van der Waals surface area contributed by atoms with Crippen LogP contribution in [0.5, 0.6) is 0 Å². The molecule has 2 heterocycles. The molecule has 6 nitrogen and oxygen atoms in total. The molecule has 0 spiro atoms. The summed E-state index contributed by atoms with van der Waals surface area (Å²) in [6.07, 6.45) is 1.34. The number of carbonyl (C=O) groups excluding carboxylic acids is 2. The minimum atomic E-state index is -1.06. The highest BCUT2D eigenvalue weighted by Gasteiger charge is 2.62. The van der Waals surface area contributed by atoms with Crippen LogP contribution in [0, 0.1) is 40.3 Å². The lowest BCUT2D eigenvalue weighted by molar-refractivity contribution is -0.121. The number of hydrogen-bond donors (Lipinski definition) is 1. The minimum absolute atomic E-state index is 0.0449. The standard InChI is InChI=1S/C27H28ClFN4O2/c28-22-7-4-8-23(29)24(22)25(34)33-14-18-12-32(13-19(18)15-33)10-9-20(17-5-2-1-3-6-17)21-11-27(21,16-30)26(31)35/h1-8,18-21H,9-15H2,(H2,31,35)/t18?,19?,20-,21?,27?/m1/s1. The largest absolute Gasteiger partial charge is 0.368 e. The van der Waals surface area contributed by atoms with Crippen LogP contribution in [-0.4, -0.2) is 54.3 Å². The molecule has 1 aliphatic carbocycles. The van der Waals surface area contributed by atoms with Gasteiger partial charge in [0, 0.05) is 26.2 Å². The molecule has 3 aliphatic rings. The number of benzene rings is 2. The van der Waals surface area contributed by atoms with Gasteiger partial charge in [0.2, 0.25) is 5.91 Å². The zero-order valence-electron chi connectivity index (χ0n) is 19.4. The Bertz CT molecular complexity index is 1150. The van der Waals surface area contributed by atoms with E-state index >= 15 is 0 Å². The quantitative estimate of drug-likeness (QED) is 0.635. The average molecular weight is 495 g/mol. The van der Waals surface area contributed by atoms with Crippen LogP contribution < -0.4 is 5.73 Å². The number of halogens is 2. The third-order valence-electron chi connectivity index (χ3n) is 8.15. The van der Waals surface area contributed by atoms with E-state index in [-0.39, 0.29) is 28.3 Å². The lowest BCUT2D eigenvalue weighted by Crippen LogP contribution is -2.34. The number of carbonyl (C=O) groups is 2. The Balaban J connectivity index is 1.21. The second-order valence-electron chi connectivity index (χ2n) is 10.2. The van der Waals surface area contributed by atoms with Gasteiger partial charge >= 0.3 is 0 Å². The topological polar surface area (TPSA) is 90.4 Å². The number of primary amides is 1. The van der Waals surface area contributed by atoms with Crippen molar-refractivity contribution in [2.45, 2.75) is 18.8 Å². The Labute approximate surface area is 209 Å².